The van der Waals surface area contributed by atoms with Gasteiger partial charge in [-0.2, -0.15) is 0 Å². The first kappa shape index (κ1) is 13.3. The van der Waals surface area contributed by atoms with Crippen molar-refractivity contribution in [2.45, 2.75) is 44.7 Å². The Morgan fingerprint density at radius 1 is 1.29 bits per heavy atom. The van der Waals surface area contributed by atoms with Crippen LogP contribution in [0, 0.1) is 11.8 Å². The first-order valence-electron chi connectivity index (χ1n) is 7.17. The lowest BCUT2D eigenvalue weighted by atomic mass is 9.77. The molecule has 0 saturated heterocycles. The van der Waals surface area contributed by atoms with Crippen LogP contribution >= 0.6 is 0 Å². The van der Waals surface area contributed by atoms with Gasteiger partial charge in [0.2, 0.25) is 0 Å². The lowest BCUT2D eigenvalue weighted by Crippen LogP contribution is -2.54. The first-order valence-corrected chi connectivity index (χ1v) is 7.17. The van der Waals surface area contributed by atoms with E-state index in [1.807, 2.05) is 7.11 Å². The van der Waals surface area contributed by atoms with E-state index in [0.717, 1.165) is 37.1 Å². The molecular formula is C14H28N2O. The highest BCUT2D eigenvalue weighted by Crippen LogP contribution is 2.40. The van der Waals surface area contributed by atoms with Crippen LogP contribution in [-0.4, -0.2) is 50.8 Å². The summed E-state index contributed by atoms with van der Waals surface area (Å²) in [7, 11) is 3.88. The van der Waals surface area contributed by atoms with E-state index in [0.29, 0.717) is 0 Å². The molecule has 0 aromatic heterocycles. The molecule has 2 aliphatic rings. The van der Waals surface area contributed by atoms with Gasteiger partial charge in [0, 0.05) is 25.7 Å². The third-order valence-electron chi connectivity index (χ3n) is 4.65. The molecule has 0 amide bonds. The van der Waals surface area contributed by atoms with E-state index >= 15 is 0 Å². The summed E-state index contributed by atoms with van der Waals surface area (Å²) in [4.78, 5) is 2.73. The SMILES string of the molecule is CNCC1CCC1N(CCOC)C(C)C1CC1. The fourth-order valence-corrected chi connectivity index (χ4v) is 3.21. The summed E-state index contributed by atoms with van der Waals surface area (Å²) in [5, 5.41) is 3.34. The van der Waals surface area contributed by atoms with Gasteiger partial charge in [-0.1, -0.05) is 0 Å². The van der Waals surface area contributed by atoms with Gasteiger partial charge < -0.3 is 10.1 Å². The van der Waals surface area contributed by atoms with Crippen molar-refractivity contribution in [3.63, 3.8) is 0 Å². The van der Waals surface area contributed by atoms with Crippen molar-refractivity contribution in [3.8, 4) is 0 Å². The molecule has 0 heterocycles. The van der Waals surface area contributed by atoms with Crippen molar-refractivity contribution in [2.24, 2.45) is 11.8 Å². The third kappa shape index (κ3) is 3.21. The van der Waals surface area contributed by atoms with Crippen molar-refractivity contribution >= 4 is 0 Å². The first-order chi connectivity index (χ1) is 8.27. The van der Waals surface area contributed by atoms with Crippen LogP contribution in [0.4, 0.5) is 0 Å². The van der Waals surface area contributed by atoms with Gasteiger partial charge in [-0.05, 0) is 58.0 Å². The second-order valence-corrected chi connectivity index (χ2v) is 5.77. The average Bonchev–Trinajstić information content (AvgIpc) is 3.12. The van der Waals surface area contributed by atoms with Gasteiger partial charge in [-0.25, -0.2) is 0 Å². The van der Waals surface area contributed by atoms with Gasteiger partial charge >= 0.3 is 0 Å². The summed E-state index contributed by atoms with van der Waals surface area (Å²) in [5.74, 6) is 1.82. The average molecular weight is 240 g/mol. The summed E-state index contributed by atoms with van der Waals surface area (Å²) in [6.07, 6.45) is 5.65. The molecule has 3 heteroatoms. The molecule has 3 nitrogen and oxygen atoms in total. The number of nitrogens with zero attached hydrogens (tertiary/aromatic N) is 1. The van der Waals surface area contributed by atoms with Crippen LogP contribution in [0.1, 0.15) is 32.6 Å². The Labute approximate surface area is 106 Å². The largest absolute Gasteiger partial charge is 0.383 e. The number of hydrogen-bond donors (Lipinski definition) is 1. The standard InChI is InChI=1S/C14H28N2O/c1-11(12-4-5-12)16(8-9-17-3)14-7-6-13(14)10-15-2/h11-15H,4-10H2,1-3H3. The number of nitrogens with one attached hydrogen (secondary N) is 1. The minimum absolute atomic E-state index is 0.759. The fourth-order valence-electron chi connectivity index (χ4n) is 3.21. The third-order valence-corrected chi connectivity index (χ3v) is 4.65. The lowest BCUT2D eigenvalue weighted by Gasteiger charge is -2.47. The van der Waals surface area contributed by atoms with Gasteiger partial charge in [0.25, 0.3) is 0 Å². The topological polar surface area (TPSA) is 24.5 Å². The number of hydrogen-bond acceptors (Lipinski definition) is 3. The van der Waals surface area contributed by atoms with E-state index in [1.54, 1.807) is 0 Å². The van der Waals surface area contributed by atoms with Crippen LogP contribution in [-0.2, 0) is 4.74 Å². The molecule has 17 heavy (non-hydrogen) atoms. The number of ether oxygens (including phenoxy) is 1. The number of rotatable bonds is 8. The van der Waals surface area contributed by atoms with E-state index in [9.17, 15) is 0 Å². The molecule has 3 unspecified atom stereocenters. The van der Waals surface area contributed by atoms with Gasteiger partial charge in [0.1, 0.15) is 0 Å². The summed E-state index contributed by atoms with van der Waals surface area (Å²) in [5.41, 5.74) is 0. The molecule has 1 N–H and O–H groups in total. The van der Waals surface area contributed by atoms with Crippen LogP contribution in [0.15, 0.2) is 0 Å². The fraction of sp³-hybridized carbons (Fsp3) is 1.00. The van der Waals surface area contributed by atoms with Crippen molar-refractivity contribution < 1.29 is 4.74 Å². The summed E-state index contributed by atoms with van der Waals surface area (Å²) in [6, 6.07) is 1.56. The Morgan fingerprint density at radius 2 is 2.06 bits per heavy atom. The Bertz CT molecular complexity index is 230. The van der Waals surface area contributed by atoms with Crippen molar-refractivity contribution in [1.82, 2.24) is 10.2 Å². The Hall–Kier alpha value is -0.120. The maximum Gasteiger partial charge on any atom is 0.0589 e. The Balaban J connectivity index is 1.89. The Morgan fingerprint density at radius 3 is 2.53 bits per heavy atom. The predicted molar refractivity (Wildman–Crippen MR) is 71.2 cm³/mol. The molecule has 3 atom stereocenters. The molecule has 0 aliphatic heterocycles. The second kappa shape index (κ2) is 6.17. The molecule has 0 aromatic carbocycles. The molecule has 0 bridgehead atoms. The van der Waals surface area contributed by atoms with Crippen molar-refractivity contribution in [3.05, 3.63) is 0 Å². The summed E-state index contributed by atoms with van der Waals surface area (Å²) in [6.45, 7) is 5.58. The van der Waals surface area contributed by atoms with E-state index in [-0.39, 0.29) is 0 Å². The molecular weight excluding hydrogens is 212 g/mol. The van der Waals surface area contributed by atoms with Gasteiger partial charge in [-0.3, -0.25) is 4.90 Å². The Kier molecular flexibility index (Phi) is 4.83. The van der Waals surface area contributed by atoms with E-state index < -0.39 is 0 Å². The predicted octanol–water partition coefficient (Wildman–Crippen LogP) is 1.73. The molecule has 2 saturated carbocycles. The minimum Gasteiger partial charge on any atom is -0.383 e. The lowest BCUT2D eigenvalue weighted by molar-refractivity contribution is 0.00841. The highest BCUT2D eigenvalue weighted by atomic mass is 16.5. The zero-order valence-electron chi connectivity index (χ0n) is 11.6. The van der Waals surface area contributed by atoms with Crippen molar-refractivity contribution in [2.75, 3.05) is 33.9 Å². The molecule has 2 rings (SSSR count). The smallest absolute Gasteiger partial charge is 0.0589 e. The summed E-state index contributed by atoms with van der Waals surface area (Å²) >= 11 is 0. The van der Waals surface area contributed by atoms with Crippen molar-refractivity contribution in [1.29, 1.82) is 0 Å². The van der Waals surface area contributed by atoms with E-state index in [4.69, 9.17) is 4.74 Å². The zero-order chi connectivity index (χ0) is 12.3. The highest BCUT2D eigenvalue weighted by molar-refractivity contribution is 4.95. The maximum atomic E-state index is 5.28. The van der Waals surface area contributed by atoms with Crippen LogP contribution in [0.3, 0.4) is 0 Å². The van der Waals surface area contributed by atoms with Crippen LogP contribution in [0.2, 0.25) is 0 Å². The van der Waals surface area contributed by atoms with Crippen LogP contribution in [0.25, 0.3) is 0 Å². The zero-order valence-corrected chi connectivity index (χ0v) is 11.6. The van der Waals surface area contributed by atoms with Crippen LogP contribution in [0.5, 0.6) is 0 Å². The maximum absolute atomic E-state index is 5.28. The number of methoxy groups -OCH3 is 1. The minimum atomic E-state index is 0.759. The molecule has 0 aromatic rings. The van der Waals surface area contributed by atoms with Gasteiger partial charge in [-0.15, -0.1) is 0 Å². The molecule has 0 radical (unpaired) electrons. The highest BCUT2D eigenvalue weighted by Gasteiger charge is 2.41. The molecule has 100 valence electrons. The van der Waals surface area contributed by atoms with Crippen LogP contribution < -0.4 is 5.32 Å². The van der Waals surface area contributed by atoms with E-state index in [2.05, 4.69) is 24.2 Å². The summed E-state index contributed by atoms with van der Waals surface area (Å²) < 4.78 is 5.28. The quantitative estimate of drug-likeness (QED) is 0.699. The van der Waals surface area contributed by atoms with Gasteiger partial charge in [0.15, 0.2) is 0 Å². The molecule has 2 aliphatic carbocycles. The normalized spacial score (nSPS) is 30.4. The monoisotopic (exact) mass is 240 g/mol. The molecule has 0 spiro atoms. The van der Waals surface area contributed by atoms with Gasteiger partial charge in [0.05, 0.1) is 6.61 Å². The second-order valence-electron chi connectivity index (χ2n) is 5.77. The molecule has 2 fully saturated rings. The van der Waals surface area contributed by atoms with E-state index in [1.165, 1.54) is 32.2 Å².